The van der Waals surface area contributed by atoms with E-state index in [0.717, 1.165) is 5.56 Å². The van der Waals surface area contributed by atoms with Crippen LogP contribution < -0.4 is 0 Å². The van der Waals surface area contributed by atoms with Crippen LogP contribution >= 0.6 is 0 Å². The molecule has 0 heterocycles. The first kappa shape index (κ1) is 16.0. The van der Waals surface area contributed by atoms with E-state index in [2.05, 4.69) is 0 Å². The van der Waals surface area contributed by atoms with Crippen molar-refractivity contribution in [3.63, 3.8) is 0 Å². The van der Waals surface area contributed by atoms with Crippen LogP contribution in [0.4, 0.5) is 0 Å². The lowest BCUT2D eigenvalue weighted by Crippen LogP contribution is -2.40. The fourth-order valence-electron chi connectivity index (χ4n) is 1.73. The van der Waals surface area contributed by atoms with Crippen LogP contribution in [0.15, 0.2) is 18.2 Å². The molecule has 0 aromatic heterocycles. The van der Waals surface area contributed by atoms with Crippen molar-refractivity contribution in [1.29, 1.82) is 0 Å². The second-order valence-corrected chi connectivity index (χ2v) is 4.94. The lowest BCUT2D eigenvalue weighted by Gasteiger charge is -2.23. The molecule has 0 spiro atoms. The van der Waals surface area contributed by atoms with Gasteiger partial charge in [0, 0.05) is 13.1 Å². The summed E-state index contributed by atoms with van der Waals surface area (Å²) in [5, 5.41) is 18.7. The average molecular weight is 280 g/mol. The number of benzene rings is 1. The summed E-state index contributed by atoms with van der Waals surface area (Å²) >= 11 is 0. The van der Waals surface area contributed by atoms with Crippen molar-refractivity contribution in [2.24, 2.45) is 0 Å². The molecule has 20 heavy (non-hydrogen) atoms. The number of carbonyl (C=O) groups excluding carboxylic acids is 1. The van der Waals surface area contributed by atoms with Gasteiger partial charge in [0.25, 0.3) is 5.91 Å². The Morgan fingerprint density at radius 1 is 1.20 bits per heavy atom. The molecular formula is C14H20N2O4. The van der Waals surface area contributed by atoms with Gasteiger partial charge < -0.3 is 20.0 Å². The number of phenols is 1. The third-order valence-electron chi connectivity index (χ3n) is 2.81. The number of hydrogen-bond acceptors (Lipinski definition) is 4. The molecule has 1 aromatic carbocycles. The first-order valence-corrected chi connectivity index (χ1v) is 6.26. The number of carbonyl (C=O) groups is 2. The SMILES string of the molecule is Cc1ccc(C(=O)N(CCN(C)C)CC(=O)O)c(O)c1. The zero-order chi connectivity index (χ0) is 15.3. The van der Waals surface area contributed by atoms with Crippen LogP contribution in [0, 0.1) is 6.92 Å². The van der Waals surface area contributed by atoms with Crippen LogP contribution in [0.2, 0.25) is 0 Å². The number of carboxylic acids is 1. The van der Waals surface area contributed by atoms with Gasteiger partial charge in [-0.3, -0.25) is 9.59 Å². The highest BCUT2D eigenvalue weighted by atomic mass is 16.4. The minimum atomic E-state index is -1.08. The molecule has 0 bridgehead atoms. The normalized spacial score (nSPS) is 10.6. The Bertz CT molecular complexity index is 500. The molecule has 6 nitrogen and oxygen atoms in total. The molecule has 0 saturated heterocycles. The van der Waals surface area contributed by atoms with Gasteiger partial charge in [0.05, 0.1) is 5.56 Å². The van der Waals surface area contributed by atoms with E-state index in [1.165, 1.54) is 17.0 Å². The van der Waals surface area contributed by atoms with Gasteiger partial charge in [0.2, 0.25) is 0 Å². The Hall–Kier alpha value is -2.08. The molecule has 1 rings (SSSR count). The summed E-state index contributed by atoms with van der Waals surface area (Å²) in [6, 6.07) is 4.70. The van der Waals surface area contributed by atoms with Crippen LogP contribution in [0.25, 0.3) is 0 Å². The lowest BCUT2D eigenvalue weighted by molar-refractivity contribution is -0.137. The lowest BCUT2D eigenvalue weighted by atomic mass is 10.1. The molecule has 0 aliphatic rings. The Kier molecular flexibility index (Phi) is 5.52. The molecule has 6 heteroatoms. The van der Waals surface area contributed by atoms with E-state index in [1.54, 1.807) is 13.0 Å². The number of hydrogen-bond donors (Lipinski definition) is 2. The minimum absolute atomic E-state index is 0.121. The number of carboxylic acid groups (broad SMARTS) is 1. The van der Waals surface area contributed by atoms with Crippen molar-refractivity contribution in [2.75, 3.05) is 33.7 Å². The number of aliphatic carboxylic acids is 1. The average Bonchev–Trinajstić information content (AvgIpc) is 2.33. The number of amides is 1. The summed E-state index contributed by atoms with van der Waals surface area (Å²) < 4.78 is 0. The van der Waals surface area contributed by atoms with E-state index in [9.17, 15) is 14.7 Å². The summed E-state index contributed by atoms with van der Waals surface area (Å²) in [6.07, 6.45) is 0. The highest BCUT2D eigenvalue weighted by molar-refractivity contribution is 5.98. The number of likely N-dealkylation sites (N-methyl/N-ethyl adjacent to an activating group) is 1. The van der Waals surface area contributed by atoms with Gasteiger partial charge in [-0.05, 0) is 38.7 Å². The smallest absolute Gasteiger partial charge is 0.323 e. The number of aryl methyl sites for hydroxylation is 1. The van der Waals surface area contributed by atoms with E-state index >= 15 is 0 Å². The van der Waals surface area contributed by atoms with E-state index in [0.29, 0.717) is 6.54 Å². The predicted molar refractivity (Wildman–Crippen MR) is 74.9 cm³/mol. The second kappa shape index (κ2) is 6.91. The Morgan fingerprint density at radius 2 is 1.85 bits per heavy atom. The number of nitrogens with zero attached hydrogens (tertiary/aromatic N) is 2. The Morgan fingerprint density at radius 3 is 2.35 bits per heavy atom. The third kappa shape index (κ3) is 4.55. The van der Waals surface area contributed by atoms with Crippen molar-refractivity contribution < 1.29 is 19.8 Å². The molecule has 0 aliphatic heterocycles. The van der Waals surface area contributed by atoms with E-state index < -0.39 is 11.9 Å². The molecule has 0 fully saturated rings. The van der Waals surface area contributed by atoms with Crippen molar-refractivity contribution in [3.05, 3.63) is 29.3 Å². The number of phenolic OH excluding ortho intramolecular Hbond substituents is 1. The highest BCUT2D eigenvalue weighted by Gasteiger charge is 2.21. The summed E-state index contributed by atoms with van der Waals surface area (Å²) in [7, 11) is 3.68. The first-order chi connectivity index (χ1) is 9.31. The molecule has 1 aromatic rings. The highest BCUT2D eigenvalue weighted by Crippen LogP contribution is 2.20. The third-order valence-corrected chi connectivity index (χ3v) is 2.81. The van der Waals surface area contributed by atoms with Crippen molar-refractivity contribution in [3.8, 4) is 5.75 Å². The van der Waals surface area contributed by atoms with E-state index in [1.807, 2.05) is 19.0 Å². The molecule has 0 atom stereocenters. The van der Waals surface area contributed by atoms with Crippen molar-refractivity contribution >= 4 is 11.9 Å². The van der Waals surface area contributed by atoms with Crippen molar-refractivity contribution in [1.82, 2.24) is 9.80 Å². The zero-order valence-corrected chi connectivity index (χ0v) is 12.0. The van der Waals surface area contributed by atoms with Gasteiger partial charge in [-0.15, -0.1) is 0 Å². The summed E-state index contributed by atoms with van der Waals surface area (Å²) in [5.41, 5.74) is 0.952. The molecule has 0 saturated carbocycles. The monoisotopic (exact) mass is 280 g/mol. The van der Waals surface area contributed by atoms with Gasteiger partial charge in [0.1, 0.15) is 12.3 Å². The van der Waals surface area contributed by atoms with E-state index in [-0.39, 0.29) is 24.4 Å². The standard InChI is InChI=1S/C14H20N2O4/c1-10-4-5-11(12(17)8-10)14(20)16(9-13(18)19)7-6-15(2)3/h4-5,8,17H,6-7,9H2,1-3H3,(H,18,19). The Labute approximate surface area is 118 Å². The van der Waals surface area contributed by atoms with Crippen LogP contribution in [0.1, 0.15) is 15.9 Å². The second-order valence-electron chi connectivity index (χ2n) is 4.94. The molecule has 0 unspecified atom stereocenters. The topological polar surface area (TPSA) is 81.1 Å². The predicted octanol–water partition coefficient (Wildman–Crippen LogP) is 0.789. The maximum Gasteiger partial charge on any atom is 0.323 e. The molecule has 1 amide bonds. The summed E-state index contributed by atoms with van der Waals surface area (Å²) in [5.74, 6) is -1.69. The fourth-order valence-corrected chi connectivity index (χ4v) is 1.73. The maximum absolute atomic E-state index is 12.3. The molecule has 2 N–H and O–H groups in total. The summed E-state index contributed by atoms with van der Waals surface area (Å²) in [4.78, 5) is 26.2. The van der Waals surface area contributed by atoms with Gasteiger partial charge >= 0.3 is 5.97 Å². The zero-order valence-electron chi connectivity index (χ0n) is 12.0. The maximum atomic E-state index is 12.3. The minimum Gasteiger partial charge on any atom is -0.507 e. The van der Waals surface area contributed by atoms with Crippen LogP contribution in [0.3, 0.4) is 0 Å². The van der Waals surface area contributed by atoms with Crippen LogP contribution in [-0.4, -0.2) is 65.6 Å². The van der Waals surface area contributed by atoms with Gasteiger partial charge in [0.15, 0.2) is 0 Å². The van der Waals surface area contributed by atoms with Gasteiger partial charge in [-0.25, -0.2) is 0 Å². The van der Waals surface area contributed by atoms with Crippen LogP contribution in [0.5, 0.6) is 5.75 Å². The molecule has 0 radical (unpaired) electrons. The van der Waals surface area contributed by atoms with E-state index in [4.69, 9.17) is 5.11 Å². The van der Waals surface area contributed by atoms with Gasteiger partial charge in [-0.2, -0.15) is 0 Å². The van der Waals surface area contributed by atoms with Crippen molar-refractivity contribution in [2.45, 2.75) is 6.92 Å². The molecule has 0 aliphatic carbocycles. The van der Waals surface area contributed by atoms with Gasteiger partial charge in [-0.1, -0.05) is 6.07 Å². The van der Waals surface area contributed by atoms with Crippen LogP contribution in [-0.2, 0) is 4.79 Å². The largest absolute Gasteiger partial charge is 0.507 e. The number of rotatable bonds is 6. The fraction of sp³-hybridized carbons (Fsp3) is 0.429. The first-order valence-electron chi connectivity index (χ1n) is 6.26. The molecule has 110 valence electrons. The quantitative estimate of drug-likeness (QED) is 0.805. The Balaban J connectivity index is 2.93. The molecular weight excluding hydrogens is 260 g/mol. The number of aromatic hydroxyl groups is 1. The summed E-state index contributed by atoms with van der Waals surface area (Å²) in [6.45, 7) is 2.24.